The van der Waals surface area contributed by atoms with Gasteiger partial charge in [-0.15, -0.1) is 0 Å². The molecule has 1 aromatic rings. The highest BCUT2D eigenvalue weighted by Crippen LogP contribution is 2.30. The summed E-state index contributed by atoms with van der Waals surface area (Å²) in [4.78, 5) is 7.92. The Labute approximate surface area is 123 Å². The van der Waals surface area contributed by atoms with Gasteiger partial charge in [-0.05, 0) is 40.4 Å². The summed E-state index contributed by atoms with van der Waals surface area (Å²) in [5.74, 6) is 0.190. The molecule has 20 heavy (non-hydrogen) atoms. The second-order valence-electron chi connectivity index (χ2n) is 4.45. The number of hydrogen-bond acceptors (Lipinski definition) is 3. The van der Waals surface area contributed by atoms with E-state index in [1.165, 1.54) is 6.07 Å². The minimum absolute atomic E-state index is 0.0907. The highest BCUT2D eigenvalue weighted by Gasteiger charge is 2.38. The zero-order valence-electron chi connectivity index (χ0n) is 11.2. The number of hydrogen-bond donors (Lipinski definition) is 1. The summed E-state index contributed by atoms with van der Waals surface area (Å²) in [6, 6.07) is 3.02. The SMILES string of the molecule is CC(C)c1ccc(O[C@@H](C)C(F)(F)F)nc1N=C(N)Br. The van der Waals surface area contributed by atoms with Crippen molar-refractivity contribution in [1.82, 2.24) is 4.98 Å². The van der Waals surface area contributed by atoms with Crippen LogP contribution in [-0.2, 0) is 0 Å². The number of alkyl halides is 3. The van der Waals surface area contributed by atoms with Gasteiger partial charge in [-0.2, -0.15) is 18.2 Å². The molecule has 0 aliphatic rings. The topological polar surface area (TPSA) is 60.5 Å². The molecule has 0 saturated heterocycles. The molecule has 0 fully saturated rings. The fraction of sp³-hybridized carbons (Fsp3) is 0.500. The van der Waals surface area contributed by atoms with Gasteiger partial charge in [0.05, 0.1) is 0 Å². The number of ether oxygens (including phenoxy) is 1. The standard InChI is InChI=1S/C12H15BrF3N3O/c1-6(2)8-4-5-9(18-10(8)19-11(13)17)20-7(3)12(14,15)16/h4-7H,1-3H3,(H2,17,18,19)/t7-/m0/s1. The zero-order chi connectivity index (χ0) is 15.5. The van der Waals surface area contributed by atoms with Crippen molar-refractivity contribution in [2.75, 3.05) is 0 Å². The maximum absolute atomic E-state index is 12.4. The molecular weight excluding hydrogens is 339 g/mol. The summed E-state index contributed by atoms with van der Waals surface area (Å²) in [6.07, 6.45) is -6.39. The average molecular weight is 354 g/mol. The monoisotopic (exact) mass is 353 g/mol. The molecule has 112 valence electrons. The van der Waals surface area contributed by atoms with Crippen molar-refractivity contribution in [3.05, 3.63) is 17.7 Å². The van der Waals surface area contributed by atoms with Gasteiger partial charge in [-0.3, -0.25) is 0 Å². The number of aliphatic imine (C=N–C) groups is 1. The van der Waals surface area contributed by atoms with E-state index in [9.17, 15) is 13.2 Å². The predicted molar refractivity (Wildman–Crippen MR) is 74.7 cm³/mol. The van der Waals surface area contributed by atoms with E-state index >= 15 is 0 Å². The van der Waals surface area contributed by atoms with Gasteiger partial charge in [0.25, 0.3) is 0 Å². The van der Waals surface area contributed by atoms with Crippen molar-refractivity contribution >= 4 is 26.5 Å². The summed E-state index contributed by atoms with van der Waals surface area (Å²) in [5, 5.41) is 0. The molecule has 2 N–H and O–H groups in total. The Morgan fingerprint density at radius 3 is 2.40 bits per heavy atom. The molecule has 1 atom stereocenters. The normalized spacial score (nSPS) is 14.5. The number of rotatable bonds is 4. The third kappa shape index (κ3) is 4.66. The van der Waals surface area contributed by atoms with Crippen LogP contribution in [-0.4, -0.2) is 22.0 Å². The number of nitrogens with two attached hydrogens (primary N) is 1. The Hall–Kier alpha value is -1.31. The molecule has 0 saturated carbocycles. The first kappa shape index (κ1) is 16.7. The summed E-state index contributed by atoms with van der Waals surface area (Å²) >= 11 is 2.97. The maximum atomic E-state index is 12.4. The van der Waals surface area contributed by atoms with Crippen LogP contribution in [0.3, 0.4) is 0 Å². The van der Waals surface area contributed by atoms with Crippen molar-refractivity contribution in [2.24, 2.45) is 10.7 Å². The number of pyridine rings is 1. The average Bonchev–Trinajstić information content (AvgIpc) is 2.26. The number of aromatic nitrogens is 1. The minimum atomic E-state index is -4.45. The van der Waals surface area contributed by atoms with Gasteiger partial charge in [0.1, 0.15) is 0 Å². The Morgan fingerprint density at radius 2 is 1.95 bits per heavy atom. The predicted octanol–water partition coefficient (Wildman–Crippen LogP) is 3.88. The summed E-state index contributed by atoms with van der Waals surface area (Å²) < 4.78 is 42.2. The highest BCUT2D eigenvalue weighted by atomic mass is 79.9. The summed E-state index contributed by atoms with van der Waals surface area (Å²) in [5.41, 5.74) is 6.18. The zero-order valence-corrected chi connectivity index (χ0v) is 12.8. The first-order chi connectivity index (χ1) is 9.11. The van der Waals surface area contributed by atoms with Gasteiger partial charge < -0.3 is 10.5 Å². The van der Waals surface area contributed by atoms with E-state index in [0.29, 0.717) is 0 Å². The third-order valence-corrected chi connectivity index (χ3v) is 2.65. The van der Waals surface area contributed by atoms with Crippen LogP contribution in [0.2, 0.25) is 0 Å². The van der Waals surface area contributed by atoms with Gasteiger partial charge in [0.15, 0.2) is 16.7 Å². The van der Waals surface area contributed by atoms with Gasteiger partial charge in [0.2, 0.25) is 5.88 Å². The molecule has 0 bridgehead atoms. The van der Waals surface area contributed by atoms with Gasteiger partial charge in [-0.1, -0.05) is 13.8 Å². The van der Waals surface area contributed by atoms with Crippen LogP contribution in [0, 0.1) is 0 Å². The van der Waals surface area contributed by atoms with E-state index < -0.39 is 12.3 Å². The lowest BCUT2D eigenvalue weighted by atomic mass is 10.0. The van der Waals surface area contributed by atoms with Crippen LogP contribution in [0.4, 0.5) is 19.0 Å². The van der Waals surface area contributed by atoms with Crippen molar-refractivity contribution < 1.29 is 17.9 Å². The molecule has 0 amide bonds. The van der Waals surface area contributed by atoms with Gasteiger partial charge in [0, 0.05) is 6.07 Å². The lowest BCUT2D eigenvalue weighted by Gasteiger charge is -2.18. The molecule has 0 aliphatic heterocycles. The minimum Gasteiger partial charge on any atom is -0.465 e. The first-order valence-electron chi connectivity index (χ1n) is 5.85. The lowest BCUT2D eigenvalue weighted by molar-refractivity contribution is -0.189. The van der Waals surface area contributed by atoms with Crippen molar-refractivity contribution in [2.45, 2.75) is 39.0 Å². The Kier molecular flexibility index (Phi) is 5.38. The molecule has 0 spiro atoms. The number of nitrogens with zero attached hydrogens (tertiary/aromatic N) is 2. The van der Waals surface area contributed by atoms with Crippen LogP contribution in [0.5, 0.6) is 5.88 Å². The van der Waals surface area contributed by atoms with E-state index in [2.05, 4.69) is 25.9 Å². The van der Waals surface area contributed by atoms with E-state index in [1.807, 2.05) is 13.8 Å². The fourth-order valence-corrected chi connectivity index (χ4v) is 1.56. The molecule has 8 heteroatoms. The van der Waals surface area contributed by atoms with E-state index in [4.69, 9.17) is 10.5 Å². The molecule has 0 aliphatic carbocycles. The van der Waals surface area contributed by atoms with E-state index in [1.54, 1.807) is 6.07 Å². The van der Waals surface area contributed by atoms with E-state index in [0.717, 1.165) is 12.5 Å². The summed E-state index contributed by atoms with van der Waals surface area (Å²) in [6.45, 7) is 4.75. The Bertz CT molecular complexity index is 499. The second kappa shape index (κ2) is 6.43. The maximum Gasteiger partial charge on any atom is 0.425 e. The number of amidine groups is 1. The van der Waals surface area contributed by atoms with Crippen molar-refractivity contribution in [3.8, 4) is 5.88 Å². The van der Waals surface area contributed by atoms with Crippen molar-refractivity contribution in [3.63, 3.8) is 0 Å². The molecule has 0 unspecified atom stereocenters. The highest BCUT2D eigenvalue weighted by molar-refractivity contribution is 9.18. The molecule has 1 aromatic heterocycles. The quantitative estimate of drug-likeness (QED) is 0.507. The fourth-order valence-electron chi connectivity index (χ4n) is 1.40. The molecule has 0 radical (unpaired) electrons. The van der Waals surface area contributed by atoms with Crippen LogP contribution in [0.25, 0.3) is 0 Å². The number of halogens is 4. The molecular formula is C12H15BrF3N3O. The lowest BCUT2D eigenvalue weighted by Crippen LogP contribution is -2.31. The Morgan fingerprint density at radius 1 is 1.35 bits per heavy atom. The molecule has 4 nitrogen and oxygen atoms in total. The van der Waals surface area contributed by atoms with Crippen LogP contribution in [0.1, 0.15) is 32.3 Å². The van der Waals surface area contributed by atoms with Crippen LogP contribution in [0.15, 0.2) is 17.1 Å². The smallest absolute Gasteiger partial charge is 0.425 e. The van der Waals surface area contributed by atoms with Crippen LogP contribution < -0.4 is 10.5 Å². The van der Waals surface area contributed by atoms with E-state index in [-0.39, 0.29) is 22.4 Å². The van der Waals surface area contributed by atoms with Gasteiger partial charge >= 0.3 is 6.18 Å². The molecule has 0 aromatic carbocycles. The Balaban J connectivity index is 3.10. The molecule has 1 heterocycles. The third-order valence-electron chi connectivity index (χ3n) is 2.47. The van der Waals surface area contributed by atoms with Crippen molar-refractivity contribution in [1.29, 1.82) is 0 Å². The van der Waals surface area contributed by atoms with Crippen LogP contribution >= 0.6 is 15.9 Å². The summed E-state index contributed by atoms with van der Waals surface area (Å²) in [7, 11) is 0. The first-order valence-corrected chi connectivity index (χ1v) is 6.64. The molecule has 1 rings (SSSR count). The van der Waals surface area contributed by atoms with Gasteiger partial charge in [-0.25, -0.2) is 4.99 Å². The largest absolute Gasteiger partial charge is 0.465 e. The second-order valence-corrected chi connectivity index (χ2v) is 5.27.